The molecule has 7 nitrogen and oxygen atoms in total. The van der Waals surface area contributed by atoms with Crippen molar-refractivity contribution >= 4 is 11.7 Å². The van der Waals surface area contributed by atoms with Crippen LogP contribution in [0.15, 0.2) is 30.7 Å². The van der Waals surface area contributed by atoms with Crippen LogP contribution in [0, 0.1) is 0 Å². The maximum Gasteiger partial charge on any atom is 0.417 e. The van der Waals surface area contributed by atoms with Gasteiger partial charge >= 0.3 is 6.18 Å². The number of pyridine rings is 1. The fourth-order valence-corrected chi connectivity index (χ4v) is 4.24. The van der Waals surface area contributed by atoms with E-state index in [0.717, 1.165) is 23.8 Å². The van der Waals surface area contributed by atoms with Crippen molar-refractivity contribution in [1.82, 2.24) is 19.9 Å². The molecule has 4 heterocycles. The van der Waals surface area contributed by atoms with Crippen molar-refractivity contribution in [2.24, 2.45) is 0 Å². The Balaban J connectivity index is 1.25. The van der Waals surface area contributed by atoms with Gasteiger partial charge in [-0.1, -0.05) is 0 Å². The second-order valence-corrected chi connectivity index (χ2v) is 8.33. The van der Waals surface area contributed by atoms with Crippen LogP contribution in [0.4, 0.5) is 19.0 Å². The summed E-state index contributed by atoms with van der Waals surface area (Å²) in [7, 11) is 0. The van der Waals surface area contributed by atoms with Crippen LogP contribution in [-0.4, -0.2) is 57.5 Å². The summed E-state index contributed by atoms with van der Waals surface area (Å²) in [5.41, 5.74) is 0.203. The number of anilines is 1. The molecule has 0 aromatic carbocycles. The maximum atomic E-state index is 12.7. The van der Waals surface area contributed by atoms with Crippen LogP contribution in [0.25, 0.3) is 0 Å². The Morgan fingerprint density at radius 2 is 1.87 bits per heavy atom. The van der Waals surface area contributed by atoms with Gasteiger partial charge in [0, 0.05) is 44.1 Å². The SMILES string of the molecule is O=C1CCN(c2cnc(C3CC3)cn2)C[C@H]2C[C@H](Oc3ccc(C(F)(F)F)cn3)CN12. The molecular weight excluding hydrogens is 411 g/mol. The third kappa shape index (κ3) is 4.28. The van der Waals surface area contributed by atoms with Crippen molar-refractivity contribution < 1.29 is 22.7 Å². The van der Waals surface area contributed by atoms with E-state index < -0.39 is 11.7 Å². The van der Waals surface area contributed by atoms with E-state index in [9.17, 15) is 18.0 Å². The molecule has 2 saturated heterocycles. The summed E-state index contributed by atoms with van der Waals surface area (Å²) in [6.45, 7) is 1.59. The highest BCUT2D eigenvalue weighted by Crippen LogP contribution is 2.38. The smallest absolute Gasteiger partial charge is 0.417 e. The van der Waals surface area contributed by atoms with E-state index in [2.05, 4.69) is 19.9 Å². The minimum Gasteiger partial charge on any atom is -0.472 e. The quantitative estimate of drug-likeness (QED) is 0.738. The molecular formula is C21H22F3N5O2. The van der Waals surface area contributed by atoms with Gasteiger partial charge in [0.15, 0.2) is 0 Å². The Morgan fingerprint density at radius 1 is 1.03 bits per heavy atom. The average Bonchev–Trinajstić information content (AvgIpc) is 3.54. The zero-order valence-electron chi connectivity index (χ0n) is 16.8. The van der Waals surface area contributed by atoms with Crippen molar-refractivity contribution in [3.63, 3.8) is 0 Å². The predicted molar refractivity (Wildman–Crippen MR) is 105 cm³/mol. The summed E-state index contributed by atoms with van der Waals surface area (Å²) in [6.07, 6.45) is 2.90. The van der Waals surface area contributed by atoms with Crippen LogP contribution in [0.3, 0.4) is 0 Å². The first-order valence-electron chi connectivity index (χ1n) is 10.4. The molecule has 0 unspecified atom stereocenters. The van der Waals surface area contributed by atoms with Gasteiger partial charge in [-0.15, -0.1) is 0 Å². The highest BCUT2D eigenvalue weighted by atomic mass is 19.4. The lowest BCUT2D eigenvalue weighted by molar-refractivity contribution is -0.138. The molecule has 1 aliphatic carbocycles. The molecule has 0 bridgehead atoms. The van der Waals surface area contributed by atoms with Gasteiger partial charge in [-0.25, -0.2) is 9.97 Å². The number of ether oxygens (including phenoxy) is 1. The Bertz CT molecular complexity index is 947. The number of rotatable bonds is 4. The number of nitrogens with zero attached hydrogens (tertiary/aromatic N) is 5. The van der Waals surface area contributed by atoms with E-state index in [0.29, 0.717) is 38.4 Å². The van der Waals surface area contributed by atoms with Gasteiger partial charge < -0.3 is 14.5 Å². The van der Waals surface area contributed by atoms with Gasteiger partial charge in [0.1, 0.15) is 11.9 Å². The van der Waals surface area contributed by atoms with E-state index in [1.165, 1.54) is 18.9 Å². The monoisotopic (exact) mass is 433 g/mol. The topological polar surface area (TPSA) is 71.5 Å². The van der Waals surface area contributed by atoms with Crippen molar-refractivity contribution in [3.05, 3.63) is 42.0 Å². The van der Waals surface area contributed by atoms with E-state index in [1.54, 1.807) is 11.1 Å². The van der Waals surface area contributed by atoms with E-state index in [4.69, 9.17) is 4.74 Å². The third-order valence-electron chi connectivity index (χ3n) is 6.05. The fourth-order valence-electron chi connectivity index (χ4n) is 4.24. The van der Waals surface area contributed by atoms with Crippen LogP contribution in [0.5, 0.6) is 5.88 Å². The van der Waals surface area contributed by atoms with Gasteiger partial charge in [-0.05, 0) is 18.9 Å². The second kappa shape index (κ2) is 7.65. The summed E-state index contributed by atoms with van der Waals surface area (Å²) in [4.78, 5) is 29.4. The number of halogens is 3. The van der Waals surface area contributed by atoms with Gasteiger partial charge in [-0.2, -0.15) is 13.2 Å². The lowest BCUT2D eigenvalue weighted by Crippen LogP contribution is -2.38. The highest BCUT2D eigenvalue weighted by molar-refractivity contribution is 5.78. The zero-order chi connectivity index (χ0) is 21.6. The van der Waals surface area contributed by atoms with Gasteiger partial charge in [-0.3, -0.25) is 9.78 Å². The molecule has 2 aromatic rings. The van der Waals surface area contributed by atoms with Crippen molar-refractivity contribution in [2.45, 2.75) is 49.9 Å². The van der Waals surface area contributed by atoms with Crippen LogP contribution in [-0.2, 0) is 11.0 Å². The molecule has 0 radical (unpaired) electrons. The fraction of sp³-hybridized carbons (Fsp3) is 0.524. The molecule has 2 atom stereocenters. The molecule has 10 heteroatoms. The minimum atomic E-state index is -4.44. The Morgan fingerprint density at radius 3 is 2.52 bits per heavy atom. The molecule has 1 saturated carbocycles. The second-order valence-electron chi connectivity index (χ2n) is 8.33. The first-order valence-corrected chi connectivity index (χ1v) is 10.4. The van der Waals surface area contributed by atoms with E-state index in [1.807, 2.05) is 6.20 Å². The molecule has 0 spiro atoms. The summed E-state index contributed by atoms with van der Waals surface area (Å²) >= 11 is 0. The first kappa shape index (κ1) is 20.0. The van der Waals surface area contributed by atoms with E-state index >= 15 is 0 Å². The molecule has 5 rings (SSSR count). The number of aromatic nitrogens is 3. The predicted octanol–water partition coefficient (Wildman–Crippen LogP) is 3.03. The molecule has 0 N–H and O–H groups in total. The summed E-state index contributed by atoms with van der Waals surface area (Å²) < 4.78 is 43.9. The lowest BCUT2D eigenvalue weighted by atomic mass is 10.2. The zero-order valence-corrected chi connectivity index (χ0v) is 16.8. The molecule has 2 aromatic heterocycles. The maximum absolute atomic E-state index is 12.7. The first-order chi connectivity index (χ1) is 14.9. The third-order valence-corrected chi connectivity index (χ3v) is 6.05. The van der Waals surface area contributed by atoms with Gasteiger partial charge in [0.25, 0.3) is 0 Å². The van der Waals surface area contributed by atoms with Gasteiger partial charge in [0.05, 0.1) is 36.2 Å². The Labute approximate surface area is 177 Å². The molecule has 3 aliphatic rings. The van der Waals surface area contributed by atoms with Crippen LogP contribution < -0.4 is 9.64 Å². The van der Waals surface area contributed by atoms with Crippen LogP contribution in [0.1, 0.15) is 42.9 Å². The van der Waals surface area contributed by atoms with Crippen LogP contribution in [0.2, 0.25) is 0 Å². The number of hydrogen-bond acceptors (Lipinski definition) is 6. The molecule has 3 fully saturated rings. The summed E-state index contributed by atoms with van der Waals surface area (Å²) in [5, 5.41) is 0. The standard InChI is InChI=1S/C21H22F3N5O2/c22-21(23,24)14-3-4-19(27-8-14)31-16-7-15-11-28(6-5-20(30)29(15)12-16)18-10-25-17(9-26-18)13-1-2-13/h3-4,8-10,13,15-16H,1-2,5-7,11-12H2/t15-,16+/m1/s1. The largest absolute Gasteiger partial charge is 0.472 e. The Kier molecular flexibility index (Phi) is 4.94. The molecule has 1 amide bonds. The van der Waals surface area contributed by atoms with Crippen molar-refractivity contribution in [3.8, 4) is 5.88 Å². The van der Waals surface area contributed by atoms with Crippen molar-refractivity contribution in [2.75, 3.05) is 24.5 Å². The highest BCUT2D eigenvalue weighted by Gasteiger charge is 2.40. The molecule has 2 aliphatic heterocycles. The molecule has 31 heavy (non-hydrogen) atoms. The summed E-state index contributed by atoms with van der Waals surface area (Å²) in [6, 6.07) is 2.11. The number of amides is 1. The Hall–Kier alpha value is -2.91. The normalized spacial score (nSPS) is 24.2. The lowest BCUT2D eigenvalue weighted by Gasteiger charge is -2.25. The average molecular weight is 433 g/mol. The van der Waals surface area contributed by atoms with Crippen molar-refractivity contribution in [1.29, 1.82) is 0 Å². The van der Waals surface area contributed by atoms with Gasteiger partial charge in [0.2, 0.25) is 11.8 Å². The summed E-state index contributed by atoms with van der Waals surface area (Å²) in [5.74, 6) is 1.46. The number of hydrogen-bond donors (Lipinski definition) is 0. The number of carbonyl (C=O) groups is 1. The minimum absolute atomic E-state index is 0.0431. The number of carbonyl (C=O) groups excluding carboxylic acids is 1. The number of alkyl halides is 3. The van der Waals surface area contributed by atoms with E-state index in [-0.39, 0.29) is 23.9 Å². The number of fused-ring (bicyclic) bond motifs is 1. The van der Waals surface area contributed by atoms with Crippen LogP contribution >= 0.6 is 0 Å². The molecule has 164 valence electrons.